The maximum absolute atomic E-state index is 13.4. The molecule has 0 amide bonds. The Morgan fingerprint density at radius 2 is 2.12 bits per heavy atom. The summed E-state index contributed by atoms with van der Waals surface area (Å²) >= 11 is 0. The summed E-state index contributed by atoms with van der Waals surface area (Å²) in [7, 11) is 0. The maximum atomic E-state index is 13.4. The van der Waals surface area contributed by atoms with E-state index in [-0.39, 0.29) is 11.7 Å². The first kappa shape index (κ1) is 16.7. The average molecular weight is 344 g/mol. The zero-order valence-corrected chi connectivity index (χ0v) is 14.5. The molecule has 2 fully saturated rings. The van der Waals surface area contributed by atoms with E-state index in [9.17, 15) is 4.39 Å². The first-order valence-corrected chi connectivity index (χ1v) is 9.30. The second-order valence-corrected chi connectivity index (χ2v) is 7.26. The summed E-state index contributed by atoms with van der Waals surface area (Å²) in [5.74, 6) is 1.96. The minimum Gasteiger partial charge on any atom is -0.339 e. The van der Waals surface area contributed by atoms with Crippen LogP contribution >= 0.6 is 0 Å². The molecular weight excluding hydrogens is 319 g/mol. The first-order valence-electron chi connectivity index (χ1n) is 9.30. The van der Waals surface area contributed by atoms with E-state index < -0.39 is 0 Å². The van der Waals surface area contributed by atoms with Crippen molar-refractivity contribution in [3.63, 3.8) is 0 Å². The Morgan fingerprint density at radius 1 is 1.24 bits per heavy atom. The molecule has 0 spiro atoms. The molecule has 3 heterocycles. The Labute approximate surface area is 147 Å². The highest BCUT2D eigenvalue weighted by atomic mass is 19.1. The van der Waals surface area contributed by atoms with Crippen molar-refractivity contribution in [1.29, 1.82) is 0 Å². The van der Waals surface area contributed by atoms with Crippen LogP contribution in [0.2, 0.25) is 0 Å². The van der Waals surface area contributed by atoms with E-state index in [1.807, 2.05) is 6.07 Å². The third-order valence-corrected chi connectivity index (χ3v) is 5.35. The van der Waals surface area contributed by atoms with Crippen LogP contribution in [0, 0.1) is 11.7 Å². The highest BCUT2D eigenvalue weighted by molar-refractivity contribution is 5.53. The van der Waals surface area contributed by atoms with Crippen molar-refractivity contribution in [3.8, 4) is 11.4 Å². The van der Waals surface area contributed by atoms with Gasteiger partial charge in [-0.1, -0.05) is 17.3 Å². The summed E-state index contributed by atoms with van der Waals surface area (Å²) < 4.78 is 18.9. The van der Waals surface area contributed by atoms with Gasteiger partial charge in [-0.2, -0.15) is 4.98 Å². The molecule has 5 nitrogen and oxygen atoms in total. The number of hydrogen-bond donors (Lipinski definition) is 1. The molecule has 1 N–H and O–H groups in total. The molecule has 0 aliphatic carbocycles. The van der Waals surface area contributed by atoms with Crippen molar-refractivity contribution in [2.45, 2.75) is 31.6 Å². The molecule has 2 aliphatic rings. The lowest BCUT2D eigenvalue weighted by molar-refractivity contribution is 0.151. The van der Waals surface area contributed by atoms with Gasteiger partial charge < -0.3 is 14.7 Å². The standard InChI is InChI=1S/C19H25FN4O/c20-17-5-1-3-15(11-17)18-22-19(25-23-18)16-4-2-10-24(13-16)12-14-6-8-21-9-7-14/h1,3,5,11,14,16,21H,2,4,6-10,12-13H2. The van der Waals surface area contributed by atoms with Crippen LogP contribution in [-0.2, 0) is 0 Å². The predicted molar refractivity (Wildman–Crippen MR) is 93.7 cm³/mol. The Balaban J connectivity index is 1.41. The number of hydrogen-bond acceptors (Lipinski definition) is 5. The Bertz CT molecular complexity index is 698. The highest BCUT2D eigenvalue weighted by Crippen LogP contribution is 2.28. The monoisotopic (exact) mass is 344 g/mol. The molecule has 2 aliphatic heterocycles. The van der Waals surface area contributed by atoms with Crippen LogP contribution < -0.4 is 5.32 Å². The quantitative estimate of drug-likeness (QED) is 0.924. The van der Waals surface area contributed by atoms with E-state index in [0.29, 0.717) is 17.3 Å². The van der Waals surface area contributed by atoms with Crippen molar-refractivity contribution < 1.29 is 8.91 Å². The van der Waals surface area contributed by atoms with Gasteiger partial charge in [-0.25, -0.2) is 4.39 Å². The van der Waals surface area contributed by atoms with Crippen LogP contribution in [0.5, 0.6) is 0 Å². The van der Waals surface area contributed by atoms with Crippen molar-refractivity contribution in [2.75, 3.05) is 32.7 Å². The second kappa shape index (κ2) is 7.62. The van der Waals surface area contributed by atoms with Gasteiger partial charge in [0, 0.05) is 18.7 Å². The lowest BCUT2D eigenvalue weighted by atomic mass is 9.93. The van der Waals surface area contributed by atoms with Gasteiger partial charge in [0.15, 0.2) is 0 Å². The summed E-state index contributed by atoms with van der Waals surface area (Å²) in [6.07, 6.45) is 4.78. The largest absolute Gasteiger partial charge is 0.339 e. The predicted octanol–water partition coefficient (Wildman–Crippen LogP) is 3.05. The fourth-order valence-electron chi connectivity index (χ4n) is 4.00. The fourth-order valence-corrected chi connectivity index (χ4v) is 4.00. The number of nitrogens with zero attached hydrogens (tertiary/aromatic N) is 3. The van der Waals surface area contributed by atoms with Crippen LogP contribution in [0.25, 0.3) is 11.4 Å². The molecule has 1 aromatic heterocycles. The third kappa shape index (κ3) is 4.07. The smallest absolute Gasteiger partial charge is 0.231 e. The van der Waals surface area contributed by atoms with Gasteiger partial charge in [0.1, 0.15) is 5.82 Å². The lowest BCUT2D eigenvalue weighted by Crippen LogP contribution is -2.40. The van der Waals surface area contributed by atoms with E-state index >= 15 is 0 Å². The summed E-state index contributed by atoms with van der Waals surface area (Å²) in [6.45, 7) is 5.59. The Hall–Kier alpha value is -1.79. The summed E-state index contributed by atoms with van der Waals surface area (Å²) in [6, 6.07) is 6.34. The topological polar surface area (TPSA) is 54.2 Å². The van der Waals surface area contributed by atoms with E-state index in [0.717, 1.165) is 44.9 Å². The molecule has 1 unspecified atom stereocenters. The average Bonchev–Trinajstić information content (AvgIpc) is 3.13. The van der Waals surface area contributed by atoms with E-state index in [4.69, 9.17) is 4.52 Å². The van der Waals surface area contributed by atoms with E-state index in [2.05, 4.69) is 20.4 Å². The van der Waals surface area contributed by atoms with Crippen LogP contribution in [0.4, 0.5) is 4.39 Å². The van der Waals surface area contributed by atoms with Crippen LogP contribution in [0.15, 0.2) is 28.8 Å². The molecular formula is C19H25FN4O. The van der Waals surface area contributed by atoms with E-state index in [1.54, 1.807) is 6.07 Å². The van der Waals surface area contributed by atoms with Crippen LogP contribution in [0.3, 0.4) is 0 Å². The van der Waals surface area contributed by atoms with Gasteiger partial charge in [-0.3, -0.25) is 0 Å². The number of likely N-dealkylation sites (tertiary alicyclic amines) is 1. The first-order chi connectivity index (χ1) is 12.3. The molecule has 0 bridgehead atoms. The molecule has 0 radical (unpaired) electrons. The SMILES string of the molecule is Fc1cccc(-c2noc(C3CCCN(CC4CCNCC4)C3)n2)c1. The van der Waals surface area contributed by atoms with Gasteiger partial charge in [0.2, 0.25) is 11.7 Å². The fraction of sp³-hybridized carbons (Fsp3) is 0.579. The number of aromatic nitrogens is 2. The summed E-state index contributed by atoms with van der Waals surface area (Å²) in [4.78, 5) is 7.10. The third-order valence-electron chi connectivity index (χ3n) is 5.35. The van der Waals surface area contributed by atoms with Crippen molar-refractivity contribution in [1.82, 2.24) is 20.4 Å². The molecule has 6 heteroatoms. The van der Waals surface area contributed by atoms with Gasteiger partial charge in [-0.05, 0) is 63.4 Å². The summed E-state index contributed by atoms with van der Waals surface area (Å²) in [5.41, 5.74) is 0.664. The zero-order valence-electron chi connectivity index (χ0n) is 14.5. The van der Waals surface area contributed by atoms with Crippen LogP contribution in [0.1, 0.15) is 37.5 Å². The second-order valence-electron chi connectivity index (χ2n) is 7.26. The lowest BCUT2D eigenvalue weighted by Gasteiger charge is -2.35. The van der Waals surface area contributed by atoms with Crippen molar-refractivity contribution in [3.05, 3.63) is 36.0 Å². The number of halogens is 1. The normalized spacial score (nSPS) is 23.0. The van der Waals surface area contributed by atoms with E-state index in [1.165, 1.54) is 31.5 Å². The van der Waals surface area contributed by atoms with Gasteiger partial charge in [-0.15, -0.1) is 0 Å². The number of piperidine rings is 2. The number of rotatable bonds is 4. The van der Waals surface area contributed by atoms with Gasteiger partial charge in [0.25, 0.3) is 0 Å². The number of nitrogens with one attached hydrogen (secondary N) is 1. The number of benzene rings is 1. The van der Waals surface area contributed by atoms with Crippen molar-refractivity contribution >= 4 is 0 Å². The maximum Gasteiger partial charge on any atom is 0.231 e. The highest BCUT2D eigenvalue weighted by Gasteiger charge is 2.28. The molecule has 1 atom stereocenters. The minimum absolute atomic E-state index is 0.283. The van der Waals surface area contributed by atoms with Crippen LogP contribution in [-0.4, -0.2) is 47.8 Å². The van der Waals surface area contributed by atoms with Gasteiger partial charge in [0.05, 0.1) is 5.92 Å². The van der Waals surface area contributed by atoms with Crippen molar-refractivity contribution in [2.24, 2.45) is 5.92 Å². The Morgan fingerprint density at radius 3 is 2.96 bits per heavy atom. The minimum atomic E-state index is -0.283. The molecule has 134 valence electrons. The molecule has 2 saturated heterocycles. The molecule has 25 heavy (non-hydrogen) atoms. The summed E-state index contributed by atoms with van der Waals surface area (Å²) in [5, 5.41) is 7.49. The molecule has 2 aromatic rings. The zero-order chi connectivity index (χ0) is 17.1. The Kier molecular flexibility index (Phi) is 5.08. The molecule has 1 aromatic carbocycles. The molecule has 4 rings (SSSR count). The van der Waals surface area contributed by atoms with Gasteiger partial charge >= 0.3 is 0 Å². The molecule has 0 saturated carbocycles.